The molecule has 0 saturated heterocycles. The molecule has 0 saturated carbocycles. The van der Waals surface area contributed by atoms with Crippen molar-refractivity contribution in [2.45, 2.75) is 26.9 Å². The van der Waals surface area contributed by atoms with E-state index in [0.717, 1.165) is 0 Å². The van der Waals surface area contributed by atoms with Crippen LogP contribution in [0.15, 0.2) is 30.6 Å². The average molecular weight is 344 g/mol. The Morgan fingerprint density at radius 1 is 1.04 bits per heavy atom. The molecular formula is C17H20N4O4. The lowest BCUT2D eigenvalue weighted by Crippen LogP contribution is -2.42. The second-order valence-electron chi connectivity index (χ2n) is 5.48. The highest BCUT2D eigenvalue weighted by Crippen LogP contribution is 2.28. The van der Waals surface area contributed by atoms with E-state index in [-0.39, 0.29) is 11.8 Å². The van der Waals surface area contributed by atoms with Crippen LogP contribution in [0.5, 0.6) is 11.5 Å². The number of carbonyl (C=O) groups excluding carboxylic acids is 2. The van der Waals surface area contributed by atoms with Gasteiger partial charge < -0.3 is 9.47 Å². The number of rotatable bonds is 5. The fraction of sp³-hybridized carbons (Fsp3) is 0.294. The number of nitrogens with zero attached hydrogens (tertiary/aromatic N) is 2. The zero-order chi connectivity index (χ0) is 18.4. The van der Waals surface area contributed by atoms with Crippen LogP contribution in [-0.2, 0) is 0 Å². The number of carbonyl (C=O) groups is 2. The predicted octanol–water partition coefficient (Wildman–Crippen LogP) is 1.66. The summed E-state index contributed by atoms with van der Waals surface area (Å²) in [5, 5.41) is 0. The highest BCUT2D eigenvalue weighted by molar-refractivity contribution is 5.98. The Kier molecular flexibility index (Phi) is 5.89. The zero-order valence-electron chi connectivity index (χ0n) is 14.5. The van der Waals surface area contributed by atoms with Crippen molar-refractivity contribution < 1.29 is 19.1 Å². The van der Waals surface area contributed by atoms with Crippen molar-refractivity contribution in [3.05, 3.63) is 47.5 Å². The molecule has 2 aromatic rings. The standard InChI is InChI=1S/C17H20N4O4/c1-10(2)25-14-6-5-12(7-15(14)24-4)16(22)20-21-17(23)13-9-18-11(3)8-19-13/h5-10H,1-4H3,(H,20,22)(H,21,23). The Morgan fingerprint density at radius 2 is 1.76 bits per heavy atom. The minimum atomic E-state index is -0.562. The van der Waals surface area contributed by atoms with E-state index in [2.05, 4.69) is 20.8 Å². The number of hydrogen-bond donors (Lipinski definition) is 2. The quantitative estimate of drug-likeness (QED) is 0.800. The topological polar surface area (TPSA) is 102 Å². The summed E-state index contributed by atoms with van der Waals surface area (Å²) in [6, 6.07) is 4.75. The lowest BCUT2D eigenvalue weighted by atomic mass is 10.2. The lowest BCUT2D eigenvalue weighted by Gasteiger charge is -2.14. The van der Waals surface area contributed by atoms with E-state index in [1.54, 1.807) is 19.1 Å². The zero-order valence-corrected chi connectivity index (χ0v) is 14.5. The van der Waals surface area contributed by atoms with Gasteiger partial charge in [-0.05, 0) is 39.0 Å². The van der Waals surface area contributed by atoms with Gasteiger partial charge in [-0.15, -0.1) is 0 Å². The van der Waals surface area contributed by atoms with E-state index in [1.807, 2.05) is 13.8 Å². The monoisotopic (exact) mass is 344 g/mol. The molecule has 1 aromatic heterocycles. The molecule has 25 heavy (non-hydrogen) atoms. The van der Waals surface area contributed by atoms with E-state index < -0.39 is 11.8 Å². The molecule has 8 nitrogen and oxygen atoms in total. The fourth-order valence-corrected chi connectivity index (χ4v) is 1.92. The summed E-state index contributed by atoms with van der Waals surface area (Å²) >= 11 is 0. The minimum absolute atomic E-state index is 0.0246. The third kappa shape index (κ3) is 4.90. The van der Waals surface area contributed by atoms with Crippen LogP contribution in [-0.4, -0.2) is 35.0 Å². The first-order valence-electron chi connectivity index (χ1n) is 7.64. The van der Waals surface area contributed by atoms with Gasteiger partial charge in [-0.2, -0.15) is 0 Å². The van der Waals surface area contributed by atoms with Crippen LogP contribution in [0.25, 0.3) is 0 Å². The molecule has 0 spiro atoms. The number of aryl methyl sites for hydroxylation is 1. The summed E-state index contributed by atoms with van der Waals surface area (Å²) in [6.45, 7) is 5.55. The van der Waals surface area contributed by atoms with Crippen LogP contribution in [0.3, 0.4) is 0 Å². The highest BCUT2D eigenvalue weighted by atomic mass is 16.5. The molecule has 2 amide bonds. The Bertz CT molecular complexity index is 760. The molecule has 0 aliphatic heterocycles. The number of methoxy groups -OCH3 is 1. The molecule has 0 fully saturated rings. The first kappa shape index (κ1) is 18.2. The number of benzene rings is 1. The normalized spacial score (nSPS) is 10.3. The van der Waals surface area contributed by atoms with E-state index in [0.29, 0.717) is 22.8 Å². The fourth-order valence-electron chi connectivity index (χ4n) is 1.92. The van der Waals surface area contributed by atoms with E-state index >= 15 is 0 Å². The maximum Gasteiger partial charge on any atom is 0.289 e. The van der Waals surface area contributed by atoms with Gasteiger partial charge >= 0.3 is 0 Å². The van der Waals surface area contributed by atoms with Gasteiger partial charge in [-0.25, -0.2) is 4.98 Å². The van der Waals surface area contributed by atoms with Gasteiger partial charge in [-0.1, -0.05) is 0 Å². The summed E-state index contributed by atoms with van der Waals surface area (Å²) in [6.07, 6.45) is 2.77. The molecule has 0 bridgehead atoms. The number of hydrazine groups is 1. The van der Waals surface area contributed by atoms with Gasteiger partial charge in [0.25, 0.3) is 11.8 Å². The van der Waals surface area contributed by atoms with Crippen molar-refractivity contribution in [1.82, 2.24) is 20.8 Å². The SMILES string of the molecule is COc1cc(C(=O)NNC(=O)c2cnc(C)cn2)ccc1OC(C)C. The third-order valence-electron chi connectivity index (χ3n) is 3.09. The van der Waals surface area contributed by atoms with Gasteiger partial charge in [0.2, 0.25) is 0 Å². The Balaban J connectivity index is 2.02. The number of amides is 2. The van der Waals surface area contributed by atoms with Crippen molar-refractivity contribution >= 4 is 11.8 Å². The van der Waals surface area contributed by atoms with Gasteiger partial charge in [0.1, 0.15) is 5.69 Å². The van der Waals surface area contributed by atoms with Gasteiger partial charge in [0, 0.05) is 11.8 Å². The summed E-state index contributed by atoms with van der Waals surface area (Å²) in [5.74, 6) is -0.0968. The molecule has 1 aromatic carbocycles. The van der Waals surface area contributed by atoms with Crippen molar-refractivity contribution in [3.8, 4) is 11.5 Å². The van der Waals surface area contributed by atoms with Crippen molar-refractivity contribution in [2.75, 3.05) is 7.11 Å². The van der Waals surface area contributed by atoms with Gasteiger partial charge in [0.05, 0.1) is 25.1 Å². The van der Waals surface area contributed by atoms with Gasteiger partial charge in [0.15, 0.2) is 11.5 Å². The molecule has 8 heteroatoms. The molecule has 0 radical (unpaired) electrons. The summed E-state index contributed by atoms with van der Waals surface area (Å²) in [7, 11) is 1.49. The Hall–Kier alpha value is -3.16. The number of nitrogens with one attached hydrogen (secondary N) is 2. The molecule has 132 valence electrons. The minimum Gasteiger partial charge on any atom is -0.493 e. The van der Waals surface area contributed by atoms with Crippen molar-refractivity contribution in [1.29, 1.82) is 0 Å². The number of aromatic nitrogens is 2. The predicted molar refractivity (Wildman–Crippen MR) is 90.5 cm³/mol. The molecule has 0 unspecified atom stereocenters. The van der Waals surface area contributed by atoms with Crippen LogP contribution in [0.4, 0.5) is 0 Å². The van der Waals surface area contributed by atoms with E-state index in [4.69, 9.17) is 9.47 Å². The molecule has 2 N–H and O–H groups in total. The Labute approximate surface area is 145 Å². The molecular weight excluding hydrogens is 324 g/mol. The molecule has 2 rings (SSSR count). The third-order valence-corrected chi connectivity index (χ3v) is 3.09. The van der Waals surface area contributed by atoms with Crippen LogP contribution in [0.2, 0.25) is 0 Å². The summed E-state index contributed by atoms with van der Waals surface area (Å²) in [5.41, 5.74) is 5.71. The van der Waals surface area contributed by atoms with Crippen molar-refractivity contribution in [3.63, 3.8) is 0 Å². The van der Waals surface area contributed by atoms with Crippen LogP contribution >= 0.6 is 0 Å². The van der Waals surface area contributed by atoms with Crippen molar-refractivity contribution in [2.24, 2.45) is 0 Å². The molecule has 0 aliphatic carbocycles. The van der Waals surface area contributed by atoms with Crippen LogP contribution in [0, 0.1) is 6.92 Å². The smallest absolute Gasteiger partial charge is 0.289 e. The molecule has 0 atom stereocenters. The highest BCUT2D eigenvalue weighted by Gasteiger charge is 2.14. The van der Waals surface area contributed by atoms with Crippen LogP contribution in [0.1, 0.15) is 40.4 Å². The number of ether oxygens (including phenoxy) is 2. The second kappa shape index (κ2) is 8.09. The first-order valence-corrected chi connectivity index (χ1v) is 7.64. The largest absolute Gasteiger partial charge is 0.493 e. The second-order valence-corrected chi connectivity index (χ2v) is 5.48. The molecule has 1 heterocycles. The summed E-state index contributed by atoms with van der Waals surface area (Å²) < 4.78 is 10.8. The van der Waals surface area contributed by atoms with Crippen LogP contribution < -0.4 is 20.3 Å². The van der Waals surface area contributed by atoms with E-state index in [9.17, 15) is 9.59 Å². The molecule has 0 aliphatic rings. The number of hydrogen-bond acceptors (Lipinski definition) is 6. The average Bonchev–Trinajstić information content (AvgIpc) is 2.59. The summed E-state index contributed by atoms with van der Waals surface area (Å²) in [4.78, 5) is 32.0. The van der Waals surface area contributed by atoms with E-state index in [1.165, 1.54) is 25.6 Å². The lowest BCUT2D eigenvalue weighted by molar-refractivity contribution is 0.0843. The maximum absolute atomic E-state index is 12.2. The Morgan fingerprint density at radius 3 is 2.36 bits per heavy atom. The maximum atomic E-state index is 12.2. The van der Waals surface area contributed by atoms with Gasteiger partial charge in [-0.3, -0.25) is 25.4 Å². The first-order chi connectivity index (χ1) is 11.9.